The van der Waals surface area contributed by atoms with Crippen molar-refractivity contribution in [1.29, 1.82) is 0 Å². The molecule has 0 heterocycles. The molecule has 0 bridgehead atoms. The van der Waals surface area contributed by atoms with Crippen LogP contribution in [0.2, 0.25) is 0 Å². The van der Waals surface area contributed by atoms with Crippen molar-refractivity contribution in [2.75, 3.05) is 0 Å². The first-order chi connectivity index (χ1) is 5.00. The molecule has 0 unspecified atom stereocenters. The summed E-state index contributed by atoms with van der Waals surface area (Å²) >= 11 is 3.57. The zero-order valence-electron chi connectivity index (χ0n) is 5.33. The van der Waals surface area contributed by atoms with E-state index >= 15 is 0 Å². The number of benzene rings is 1. The standard InChI is InChI=1S/C6H5O3S.Fe/c7-10(8,9)6-4-2-1-3-5-6;/h2-5H,(H,7,8,9);. The van der Waals surface area contributed by atoms with Crippen molar-refractivity contribution in [2.45, 2.75) is 4.90 Å². The number of rotatable bonds is 1. The fourth-order valence-corrected chi connectivity index (χ4v) is 1.27. The molecule has 0 aromatic heterocycles. The first kappa shape index (κ1) is 8.74. The molecule has 61 valence electrons. The number of hydrogen-bond acceptors (Lipinski definition) is 2. The van der Waals surface area contributed by atoms with Crippen molar-refractivity contribution >= 4 is 14.6 Å². The van der Waals surface area contributed by atoms with E-state index in [9.17, 15) is 8.42 Å². The van der Waals surface area contributed by atoms with Gasteiger partial charge in [0.25, 0.3) is 0 Å². The van der Waals surface area contributed by atoms with Gasteiger partial charge in [0.15, 0.2) is 0 Å². The Kier molecular flexibility index (Phi) is 2.34. The van der Waals surface area contributed by atoms with Gasteiger partial charge in [-0.2, -0.15) is 0 Å². The van der Waals surface area contributed by atoms with Gasteiger partial charge < -0.3 is 0 Å². The van der Waals surface area contributed by atoms with Crippen molar-refractivity contribution in [3.8, 4) is 0 Å². The van der Waals surface area contributed by atoms with Crippen LogP contribution < -0.4 is 4.46 Å². The summed E-state index contributed by atoms with van der Waals surface area (Å²) in [5.41, 5.74) is 0. The van der Waals surface area contributed by atoms with Gasteiger partial charge in [0.1, 0.15) is 0 Å². The summed E-state index contributed by atoms with van der Waals surface area (Å²) in [6.07, 6.45) is 0. The van der Waals surface area contributed by atoms with Crippen LogP contribution in [0, 0.1) is 0 Å². The summed E-state index contributed by atoms with van der Waals surface area (Å²) in [6, 6.07) is 5.64. The molecule has 1 rings (SSSR count). The molecular weight excluding hydrogens is 208 g/mol. The fourth-order valence-electron chi connectivity index (χ4n) is 0.602. The average molecular weight is 213 g/mol. The maximum absolute atomic E-state index is 10.5. The third-order valence-corrected chi connectivity index (χ3v) is 2.34. The molecule has 0 spiro atoms. The van der Waals surface area contributed by atoms with Crippen LogP contribution in [-0.2, 0) is 26.1 Å². The minimum atomic E-state index is -4.05. The van der Waals surface area contributed by atoms with Crippen LogP contribution in [0.1, 0.15) is 0 Å². The van der Waals surface area contributed by atoms with E-state index in [-0.39, 0.29) is 4.90 Å². The molecule has 0 fully saturated rings. The van der Waals surface area contributed by atoms with E-state index < -0.39 is 10.1 Å². The monoisotopic (exact) mass is 213 g/mol. The van der Waals surface area contributed by atoms with Crippen LogP contribution in [0.25, 0.3) is 0 Å². The SMILES string of the molecule is O=S(=O)(O)c1cc[c]([Fe])cc1. The van der Waals surface area contributed by atoms with Gasteiger partial charge in [-0.1, -0.05) is 0 Å². The first-order valence-electron chi connectivity index (χ1n) is 2.72. The third kappa shape index (κ3) is 2.31. The molecule has 0 amide bonds. The van der Waals surface area contributed by atoms with Crippen molar-refractivity contribution < 1.29 is 29.0 Å². The molecule has 0 saturated heterocycles. The molecular formula is C6H5FeO3S. The minimum absolute atomic E-state index is 0.107. The van der Waals surface area contributed by atoms with Gasteiger partial charge in [-0.05, 0) is 0 Å². The average Bonchev–Trinajstić information content (AvgIpc) is 1.86. The summed E-state index contributed by atoms with van der Waals surface area (Å²) in [6.45, 7) is 0. The van der Waals surface area contributed by atoms with Gasteiger partial charge in [-0.25, -0.2) is 0 Å². The Balaban J connectivity index is 3.20. The van der Waals surface area contributed by atoms with Gasteiger partial charge in [0.05, 0.1) is 0 Å². The molecule has 0 aliphatic carbocycles. The summed E-state index contributed by atoms with van der Waals surface area (Å²) in [5.74, 6) is 0. The zero-order valence-corrected chi connectivity index (χ0v) is 7.26. The van der Waals surface area contributed by atoms with E-state index in [0.29, 0.717) is 4.46 Å². The van der Waals surface area contributed by atoms with Crippen LogP contribution in [0.15, 0.2) is 29.2 Å². The Hall–Kier alpha value is -0.351. The summed E-state index contributed by atoms with van der Waals surface area (Å²) in [4.78, 5) is -0.107. The topological polar surface area (TPSA) is 54.4 Å². The van der Waals surface area contributed by atoms with E-state index in [1.54, 1.807) is 0 Å². The third-order valence-electron chi connectivity index (χ3n) is 1.10. The first-order valence-corrected chi connectivity index (χ1v) is 4.71. The van der Waals surface area contributed by atoms with Gasteiger partial charge in [-0.15, -0.1) is 0 Å². The molecule has 1 aromatic rings. The second kappa shape index (κ2) is 2.95. The molecule has 0 radical (unpaired) electrons. The van der Waals surface area contributed by atoms with Gasteiger partial charge in [0, 0.05) is 0 Å². The molecule has 0 atom stereocenters. The predicted molar refractivity (Wildman–Crippen MR) is 35.9 cm³/mol. The van der Waals surface area contributed by atoms with Crippen LogP contribution >= 0.6 is 0 Å². The summed E-state index contributed by atoms with van der Waals surface area (Å²) in [5, 5.41) is 0. The summed E-state index contributed by atoms with van der Waals surface area (Å²) in [7, 11) is -4.05. The second-order valence-electron chi connectivity index (χ2n) is 1.91. The van der Waals surface area contributed by atoms with Gasteiger partial charge >= 0.3 is 72.7 Å². The van der Waals surface area contributed by atoms with Crippen LogP contribution in [0.5, 0.6) is 0 Å². The van der Waals surface area contributed by atoms with Crippen LogP contribution in [-0.4, -0.2) is 13.0 Å². The fraction of sp³-hybridized carbons (Fsp3) is 0. The second-order valence-corrected chi connectivity index (χ2v) is 3.97. The Labute approximate surface area is 73.0 Å². The Morgan fingerprint density at radius 2 is 1.64 bits per heavy atom. The van der Waals surface area contributed by atoms with Gasteiger partial charge in [-0.3, -0.25) is 0 Å². The summed E-state index contributed by atoms with van der Waals surface area (Å²) < 4.78 is 30.2. The Bertz CT molecular complexity index is 341. The van der Waals surface area contributed by atoms with E-state index in [0.717, 1.165) is 0 Å². The molecule has 1 N–H and O–H groups in total. The maximum atomic E-state index is 10.5. The zero-order chi connectivity index (χ0) is 8.48. The Morgan fingerprint density at radius 1 is 1.18 bits per heavy atom. The molecule has 5 heteroatoms. The van der Waals surface area contributed by atoms with Crippen molar-refractivity contribution in [3.63, 3.8) is 0 Å². The molecule has 11 heavy (non-hydrogen) atoms. The van der Waals surface area contributed by atoms with E-state index in [1.165, 1.54) is 24.3 Å². The molecule has 0 saturated carbocycles. The van der Waals surface area contributed by atoms with Crippen molar-refractivity contribution in [3.05, 3.63) is 24.3 Å². The van der Waals surface area contributed by atoms with E-state index in [2.05, 4.69) is 16.0 Å². The quantitative estimate of drug-likeness (QED) is 0.531. The normalized spacial score (nSPS) is 11.5. The van der Waals surface area contributed by atoms with Crippen LogP contribution in [0.3, 0.4) is 0 Å². The van der Waals surface area contributed by atoms with Crippen molar-refractivity contribution in [1.82, 2.24) is 0 Å². The van der Waals surface area contributed by atoms with E-state index in [4.69, 9.17) is 4.55 Å². The van der Waals surface area contributed by atoms with Crippen molar-refractivity contribution in [2.24, 2.45) is 0 Å². The molecule has 0 aliphatic rings. The Morgan fingerprint density at radius 3 is 2.00 bits per heavy atom. The van der Waals surface area contributed by atoms with E-state index in [1.807, 2.05) is 0 Å². The predicted octanol–water partition coefficient (Wildman–Crippen LogP) is 0.105. The van der Waals surface area contributed by atoms with Crippen LogP contribution in [0.4, 0.5) is 0 Å². The molecule has 3 nitrogen and oxygen atoms in total. The number of hydrogen-bond donors (Lipinski definition) is 1. The molecule has 0 aliphatic heterocycles. The van der Waals surface area contributed by atoms with Gasteiger partial charge in [0.2, 0.25) is 0 Å². The molecule has 1 aromatic carbocycles.